The van der Waals surface area contributed by atoms with Crippen LogP contribution in [0.2, 0.25) is 0 Å². The minimum Gasteiger partial charge on any atom is -0.466 e. The molecule has 0 aromatic rings. The van der Waals surface area contributed by atoms with Gasteiger partial charge in [0.2, 0.25) is 5.91 Å². The molecule has 0 aliphatic heterocycles. The highest BCUT2D eigenvalue weighted by Gasteiger charge is 2.39. The molecule has 0 heterocycles. The molecule has 0 unspecified atom stereocenters. The molecule has 19 heavy (non-hydrogen) atoms. The van der Waals surface area contributed by atoms with E-state index in [1.54, 1.807) is 6.92 Å². The third-order valence-corrected chi connectivity index (χ3v) is 3.50. The van der Waals surface area contributed by atoms with Gasteiger partial charge in [0.05, 0.1) is 12.7 Å². The fourth-order valence-corrected chi connectivity index (χ4v) is 2.38. The van der Waals surface area contributed by atoms with Gasteiger partial charge in [-0.25, -0.2) is 0 Å². The van der Waals surface area contributed by atoms with Crippen molar-refractivity contribution >= 4 is 11.9 Å². The number of nitrogens with zero attached hydrogens (tertiary/aromatic N) is 1. The summed E-state index contributed by atoms with van der Waals surface area (Å²) in [4.78, 5) is 23.2. The highest BCUT2D eigenvalue weighted by molar-refractivity contribution is 5.85. The summed E-state index contributed by atoms with van der Waals surface area (Å²) in [5, 5.41) is 12.0. The second-order valence-electron chi connectivity index (χ2n) is 4.92. The molecular formula is C14H22N2O3. The van der Waals surface area contributed by atoms with Crippen molar-refractivity contribution in [1.29, 1.82) is 5.26 Å². The Morgan fingerprint density at radius 2 is 2.00 bits per heavy atom. The van der Waals surface area contributed by atoms with Crippen LogP contribution in [0.25, 0.3) is 0 Å². The molecule has 1 amide bonds. The molecule has 0 bridgehead atoms. The van der Waals surface area contributed by atoms with Crippen molar-refractivity contribution in [2.24, 2.45) is 5.41 Å². The first kappa shape index (κ1) is 15.5. The molecule has 0 aromatic carbocycles. The van der Waals surface area contributed by atoms with E-state index in [1.165, 1.54) is 0 Å². The molecule has 0 spiro atoms. The quantitative estimate of drug-likeness (QED) is 0.588. The summed E-state index contributed by atoms with van der Waals surface area (Å²) < 4.78 is 4.80. The lowest BCUT2D eigenvalue weighted by atomic mass is 9.74. The molecule has 5 nitrogen and oxygen atoms in total. The number of hydrogen-bond acceptors (Lipinski definition) is 4. The van der Waals surface area contributed by atoms with E-state index < -0.39 is 5.41 Å². The van der Waals surface area contributed by atoms with Gasteiger partial charge < -0.3 is 10.1 Å². The number of hydrogen-bond donors (Lipinski definition) is 1. The summed E-state index contributed by atoms with van der Waals surface area (Å²) in [6, 6.07) is 2.18. The first-order valence-electron chi connectivity index (χ1n) is 7.00. The van der Waals surface area contributed by atoms with E-state index in [1.807, 2.05) is 0 Å². The summed E-state index contributed by atoms with van der Waals surface area (Å²) in [6.45, 7) is 2.56. The third kappa shape index (κ3) is 4.55. The minimum atomic E-state index is -0.845. The Balaban J connectivity index is 2.30. The van der Waals surface area contributed by atoms with Gasteiger partial charge >= 0.3 is 5.97 Å². The fourth-order valence-electron chi connectivity index (χ4n) is 2.38. The zero-order valence-corrected chi connectivity index (χ0v) is 11.5. The maximum Gasteiger partial charge on any atom is 0.305 e. The number of rotatable bonds is 6. The van der Waals surface area contributed by atoms with Crippen molar-refractivity contribution in [1.82, 2.24) is 5.32 Å². The molecule has 1 rings (SSSR count). The summed E-state index contributed by atoms with van der Waals surface area (Å²) >= 11 is 0. The van der Waals surface area contributed by atoms with Crippen LogP contribution in [0.4, 0.5) is 0 Å². The summed E-state index contributed by atoms with van der Waals surface area (Å²) in [5.74, 6) is -0.428. The van der Waals surface area contributed by atoms with Crippen molar-refractivity contribution in [2.45, 2.75) is 51.9 Å². The molecule has 1 aliphatic carbocycles. The standard InChI is InChI=1S/C14H22N2O3/c1-2-19-12(17)7-6-10-16-13(18)14(11-15)8-4-3-5-9-14/h2-10H2,1H3,(H,16,18). The normalized spacial score (nSPS) is 17.3. The number of nitrogens with one attached hydrogen (secondary N) is 1. The van der Waals surface area contributed by atoms with E-state index in [4.69, 9.17) is 4.74 Å². The van der Waals surface area contributed by atoms with Gasteiger partial charge in [0.15, 0.2) is 0 Å². The van der Waals surface area contributed by atoms with Crippen LogP contribution in [0.3, 0.4) is 0 Å². The minimum absolute atomic E-state index is 0.182. The van der Waals surface area contributed by atoms with Gasteiger partial charge in [-0.3, -0.25) is 9.59 Å². The molecule has 106 valence electrons. The molecule has 0 atom stereocenters. The smallest absolute Gasteiger partial charge is 0.305 e. The highest BCUT2D eigenvalue weighted by atomic mass is 16.5. The lowest BCUT2D eigenvalue weighted by Gasteiger charge is -2.29. The number of carbonyl (C=O) groups excluding carboxylic acids is 2. The maximum atomic E-state index is 12.1. The van der Waals surface area contributed by atoms with Crippen LogP contribution in [-0.2, 0) is 14.3 Å². The predicted octanol–water partition coefficient (Wildman–Crippen LogP) is 1.92. The van der Waals surface area contributed by atoms with Crippen molar-refractivity contribution in [3.63, 3.8) is 0 Å². The molecule has 0 saturated heterocycles. The van der Waals surface area contributed by atoms with Crippen LogP contribution in [0, 0.1) is 16.7 Å². The Morgan fingerprint density at radius 1 is 1.32 bits per heavy atom. The van der Waals surface area contributed by atoms with Gasteiger partial charge in [0.1, 0.15) is 5.41 Å². The third-order valence-electron chi connectivity index (χ3n) is 3.50. The highest BCUT2D eigenvalue weighted by Crippen LogP contribution is 2.35. The number of amides is 1. The lowest BCUT2D eigenvalue weighted by Crippen LogP contribution is -2.41. The summed E-state index contributed by atoms with van der Waals surface area (Å²) in [6.07, 6.45) is 5.10. The molecule has 0 aromatic heterocycles. The largest absolute Gasteiger partial charge is 0.466 e. The summed E-state index contributed by atoms with van der Waals surface area (Å²) in [5.41, 5.74) is -0.845. The molecule has 1 aliphatic rings. The molecule has 1 fully saturated rings. The van der Waals surface area contributed by atoms with E-state index in [-0.39, 0.29) is 11.9 Å². The van der Waals surface area contributed by atoms with Crippen LogP contribution in [0.1, 0.15) is 51.9 Å². The van der Waals surface area contributed by atoms with E-state index in [2.05, 4.69) is 11.4 Å². The monoisotopic (exact) mass is 266 g/mol. The first-order chi connectivity index (χ1) is 9.14. The van der Waals surface area contributed by atoms with Crippen molar-refractivity contribution in [3.8, 4) is 6.07 Å². The Bertz CT molecular complexity index is 354. The number of ether oxygens (including phenoxy) is 1. The van der Waals surface area contributed by atoms with Gasteiger partial charge in [0, 0.05) is 13.0 Å². The average Bonchev–Trinajstić information content (AvgIpc) is 2.44. The van der Waals surface area contributed by atoms with Crippen LogP contribution in [0.15, 0.2) is 0 Å². The van der Waals surface area contributed by atoms with E-state index in [9.17, 15) is 14.9 Å². The molecule has 0 radical (unpaired) electrons. The van der Waals surface area contributed by atoms with Crippen LogP contribution in [0.5, 0.6) is 0 Å². The van der Waals surface area contributed by atoms with Crippen molar-refractivity contribution in [2.75, 3.05) is 13.2 Å². The maximum absolute atomic E-state index is 12.1. The SMILES string of the molecule is CCOC(=O)CCCNC(=O)C1(C#N)CCCCC1. The predicted molar refractivity (Wildman–Crippen MR) is 70.0 cm³/mol. The number of nitriles is 1. The number of esters is 1. The van der Waals surface area contributed by atoms with Crippen molar-refractivity contribution in [3.05, 3.63) is 0 Å². The first-order valence-corrected chi connectivity index (χ1v) is 7.00. The zero-order chi connectivity index (χ0) is 14.1. The van der Waals surface area contributed by atoms with Gasteiger partial charge in [-0.05, 0) is 26.2 Å². The van der Waals surface area contributed by atoms with Gasteiger partial charge in [0.25, 0.3) is 0 Å². The van der Waals surface area contributed by atoms with E-state index >= 15 is 0 Å². The Kier molecular flexibility index (Phi) is 6.34. The summed E-state index contributed by atoms with van der Waals surface area (Å²) in [7, 11) is 0. The Hall–Kier alpha value is -1.57. The molecular weight excluding hydrogens is 244 g/mol. The van der Waals surface area contributed by atoms with E-state index in [0.29, 0.717) is 38.8 Å². The average molecular weight is 266 g/mol. The molecule has 1 saturated carbocycles. The van der Waals surface area contributed by atoms with Gasteiger partial charge in [-0.15, -0.1) is 0 Å². The fraction of sp³-hybridized carbons (Fsp3) is 0.786. The second-order valence-corrected chi connectivity index (χ2v) is 4.92. The number of carbonyl (C=O) groups is 2. The van der Waals surface area contributed by atoms with Gasteiger partial charge in [-0.2, -0.15) is 5.26 Å². The molecule has 5 heteroatoms. The van der Waals surface area contributed by atoms with Crippen molar-refractivity contribution < 1.29 is 14.3 Å². The van der Waals surface area contributed by atoms with Crippen LogP contribution < -0.4 is 5.32 Å². The molecule has 1 N–H and O–H groups in total. The Morgan fingerprint density at radius 3 is 2.58 bits per heavy atom. The topological polar surface area (TPSA) is 79.2 Å². The van der Waals surface area contributed by atoms with Crippen LogP contribution >= 0.6 is 0 Å². The Labute approximate surface area is 114 Å². The zero-order valence-electron chi connectivity index (χ0n) is 11.5. The van der Waals surface area contributed by atoms with Crippen LogP contribution in [-0.4, -0.2) is 25.0 Å². The second kappa shape index (κ2) is 7.78. The van der Waals surface area contributed by atoms with E-state index in [0.717, 1.165) is 19.3 Å². The lowest BCUT2D eigenvalue weighted by molar-refractivity contribution is -0.143. The van der Waals surface area contributed by atoms with Gasteiger partial charge in [-0.1, -0.05) is 19.3 Å².